The summed E-state index contributed by atoms with van der Waals surface area (Å²) < 4.78 is 0. The van der Waals surface area contributed by atoms with Crippen LogP contribution in [-0.4, -0.2) is 30.7 Å². The van der Waals surface area contributed by atoms with Crippen molar-refractivity contribution in [1.29, 1.82) is 0 Å². The summed E-state index contributed by atoms with van der Waals surface area (Å²) in [5.41, 5.74) is 1.33. The lowest BCUT2D eigenvalue weighted by Crippen LogP contribution is -2.50. The highest BCUT2D eigenvalue weighted by molar-refractivity contribution is 5.93. The van der Waals surface area contributed by atoms with Crippen LogP contribution < -0.4 is 10.2 Å². The predicted octanol–water partition coefficient (Wildman–Crippen LogP) is 2.03. The number of nitrogens with zero attached hydrogens (tertiary/aromatic N) is 2. The van der Waals surface area contributed by atoms with Gasteiger partial charge in [-0.3, -0.25) is 4.98 Å². The van der Waals surface area contributed by atoms with E-state index >= 15 is 0 Å². The van der Waals surface area contributed by atoms with E-state index in [1.807, 2.05) is 12.4 Å². The minimum atomic E-state index is 0.544. The number of hydrogen-bond acceptors (Lipinski definition) is 3. The second-order valence-electron chi connectivity index (χ2n) is 4.62. The Morgan fingerprint density at radius 3 is 3.18 bits per heavy atom. The smallest absolute Gasteiger partial charge is 0.0450 e. The van der Waals surface area contributed by atoms with Gasteiger partial charge >= 0.3 is 0 Å². The van der Waals surface area contributed by atoms with Crippen molar-refractivity contribution in [2.75, 3.05) is 24.5 Å². The molecule has 88 valence electrons. The molecule has 1 atom stereocenters. The van der Waals surface area contributed by atoms with Crippen molar-refractivity contribution in [3.8, 4) is 0 Å². The summed E-state index contributed by atoms with van der Waals surface area (Å²) in [5.74, 6) is 0. The maximum atomic E-state index is 4.19. The number of hydrogen-bond donors (Lipinski definition) is 1. The maximum absolute atomic E-state index is 4.19. The van der Waals surface area contributed by atoms with Gasteiger partial charge in [0.25, 0.3) is 0 Å². The van der Waals surface area contributed by atoms with E-state index in [0.717, 1.165) is 19.6 Å². The molecule has 0 spiro atoms. The number of pyridine rings is 1. The lowest BCUT2D eigenvalue weighted by atomic mass is 10.1. The summed E-state index contributed by atoms with van der Waals surface area (Å²) in [5, 5.41) is 5.95. The van der Waals surface area contributed by atoms with Crippen LogP contribution in [0.15, 0.2) is 36.7 Å². The second-order valence-corrected chi connectivity index (χ2v) is 4.62. The molecule has 1 N–H and O–H groups in total. The summed E-state index contributed by atoms with van der Waals surface area (Å²) in [7, 11) is 0. The van der Waals surface area contributed by atoms with Gasteiger partial charge in [0, 0.05) is 54.5 Å². The van der Waals surface area contributed by atoms with Gasteiger partial charge in [-0.25, -0.2) is 0 Å². The van der Waals surface area contributed by atoms with Crippen LogP contribution in [0.2, 0.25) is 0 Å². The molecule has 1 aromatic heterocycles. The quantitative estimate of drug-likeness (QED) is 0.808. The Morgan fingerprint density at radius 2 is 2.29 bits per heavy atom. The fraction of sp³-hybridized carbons (Fsp3) is 0.357. The highest BCUT2D eigenvalue weighted by Gasteiger charge is 2.19. The summed E-state index contributed by atoms with van der Waals surface area (Å²) in [6.45, 7) is 5.46. The highest BCUT2D eigenvalue weighted by atomic mass is 15.2. The molecule has 2 aromatic rings. The standard InChI is InChI=1S/C14H17N3/c1-11-9-16-7-8-17(11)14-4-2-3-12-10-15-6-5-13(12)14/h2-6,10-11,16H,7-9H2,1H3. The molecule has 1 aliphatic heterocycles. The third kappa shape index (κ3) is 1.87. The van der Waals surface area contributed by atoms with E-state index in [9.17, 15) is 0 Å². The van der Waals surface area contributed by atoms with Crippen molar-refractivity contribution in [3.63, 3.8) is 0 Å². The van der Waals surface area contributed by atoms with Gasteiger partial charge in [0.1, 0.15) is 0 Å². The number of rotatable bonds is 1. The molecule has 3 rings (SSSR count). The van der Waals surface area contributed by atoms with Crippen molar-refractivity contribution in [3.05, 3.63) is 36.7 Å². The first kappa shape index (κ1) is 10.5. The Kier molecular flexibility index (Phi) is 2.69. The molecule has 0 saturated carbocycles. The van der Waals surface area contributed by atoms with E-state index in [4.69, 9.17) is 0 Å². The average Bonchev–Trinajstić information content (AvgIpc) is 2.39. The van der Waals surface area contributed by atoms with Crippen molar-refractivity contribution >= 4 is 16.5 Å². The number of piperazine rings is 1. The monoisotopic (exact) mass is 227 g/mol. The molecule has 0 radical (unpaired) electrons. The van der Waals surface area contributed by atoms with Gasteiger partial charge < -0.3 is 10.2 Å². The number of benzene rings is 1. The zero-order chi connectivity index (χ0) is 11.7. The average molecular weight is 227 g/mol. The largest absolute Gasteiger partial charge is 0.366 e. The van der Waals surface area contributed by atoms with Gasteiger partial charge in [0.05, 0.1) is 0 Å². The zero-order valence-electron chi connectivity index (χ0n) is 10.1. The Bertz CT molecular complexity index is 518. The van der Waals surface area contributed by atoms with Crippen LogP contribution in [0, 0.1) is 0 Å². The molecular formula is C14H17N3. The molecule has 1 aromatic carbocycles. The van der Waals surface area contributed by atoms with Gasteiger partial charge in [0.2, 0.25) is 0 Å². The van der Waals surface area contributed by atoms with Gasteiger partial charge in [-0.05, 0) is 19.1 Å². The molecule has 0 amide bonds. The fourth-order valence-electron chi connectivity index (χ4n) is 2.55. The summed E-state index contributed by atoms with van der Waals surface area (Å²) >= 11 is 0. The fourth-order valence-corrected chi connectivity index (χ4v) is 2.55. The Hall–Kier alpha value is -1.61. The van der Waals surface area contributed by atoms with E-state index in [2.05, 4.69) is 46.4 Å². The number of nitrogens with one attached hydrogen (secondary N) is 1. The minimum Gasteiger partial charge on any atom is -0.366 e. The molecule has 0 bridgehead atoms. The van der Waals surface area contributed by atoms with Crippen LogP contribution in [0.1, 0.15) is 6.92 Å². The molecule has 1 fully saturated rings. The molecule has 17 heavy (non-hydrogen) atoms. The lowest BCUT2D eigenvalue weighted by molar-refractivity contribution is 0.502. The minimum absolute atomic E-state index is 0.544. The van der Waals surface area contributed by atoms with E-state index in [-0.39, 0.29) is 0 Å². The third-order valence-electron chi connectivity index (χ3n) is 3.47. The Balaban J connectivity index is 2.10. The molecule has 1 unspecified atom stereocenters. The van der Waals surface area contributed by atoms with E-state index in [0.29, 0.717) is 6.04 Å². The van der Waals surface area contributed by atoms with Gasteiger partial charge in [-0.15, -0.1) is 0 Å². The Labute approximate surface area is 101 Å². The summed E-state index contributed by atoms with van der Waals surface area (Å²) in [6, 6.07) is 9.11. The summed E-state index contributed by atoms with van der Waals surface area (Å²) in [4.78, 5) is 6.67. The summed E-state index contributed by atoms with van der Waals surface area (Å²) in [6.07, 6.45) is 3.81. The van der Waals surface area contributed by atoms with Crippen LogP contribution in [0.4, 0.5) is 5.69 Å². The molecule has 0 aliphatic carbocycles. The van der Waals surface area contributed by atoms with Gasteiger partial charge in [0.15, 0.2) is 0 Å². The van der Waals surface area contributed by atoms with E-state index in [1.54, 1.807) is 0 Å². The highest BCUT2D eigenvalue weighted by Crippen LogP contribution is 2.27. The van der Waals surface area contributed by atoms with Gasteiger partial charge in [-0.2, -0.15) is 0 Å². The van der Waals surface area contributed by atoms with Gasteiger partial charge in [-0.1, -0.05) is 12.1 Å². The van der Waals surface area contributed by atoms with Crippen LogP contribution in [0.25, 0.3) is 10.8 Å². The van der Waals surface area contributed by atoms with Crippen LogP contribution in [0.5, 0.6) is 0 Å². The number of fused-ring (bicyclic) bond motifs is 1. The van der Waals surface area contributed by atoms with Crippen molar-refractivity contribution in [2.45, 2.75) is 13.0 Å². The number of aromatic nitrogens is 1. The second kappa shape index (κ2) is 4.34. The van der Waals surface area contributed by atoms with Crippen LogP contribution in [-0.2, 0) is 0 Å². The first-order valence-corrected chi connectivity index (χ1v) is 6.16. The topological polar surface area (TPSA) is 28.2 Å². The molecule has 1 aliphatic rings. The first-order valence-electron chi connectivity index (χ1n) is 6.16. The first-order chi connectivity index (χ1) is 8.36. The number of anilines is 1. The normalized spacial score (nSPS) is 20.8. The lowest BCUT2D eigenvalue weighted by Gasteiger charge is -2.36. The van der Waals surface area contributed by atoms with Crippen molar-refractivity contribution < 1.29 is 0 Å². The molecule has 1 saturated heterocycles. The van der Waals surface area contributed by atoms with Crippen LogP contribution in [0.3, 0.4) is 0 Å². The molecule has 2 heterocycles. The molecular weight excluding hydrogens is 210 g/mol. The SMILES string of the molecule is CC1CNCCN1c1cccc2cnccc12. The maximum Gasteiger partial charge on any atom is 0.0450 e. The predicted molar refractivity (Wildman–Crippen MR) is 71.4 cm³/mol. The van der Waals surface area contributed by atoms with Crippen molar-refractivity contribution in [1.82, 2.24) is 10.3 Å². The van der Waals surface area contributed by atoms with E-state index < -0.39 is 0 Å². The van der Waals surface area contributed by atoms with Crippen LogP contribution >= 0.6 is 0 Å². The van der Waals surface area contributed by atoms with E-state index in [1.165, 1.54) is 16.5 Å². The third-order valence-corrected chi connectivity index (χ3v) is 3.47. The Morgan fingerprint density at radius 1 is 1.35 bits per heavy atom. The molecule has 3 nitrogen and oxygen atoms in total. The van der Waals surface area contributed by atoms with Crippen molar-refractivity contribution in [2.24, 2.45) is 0 Å². The molecule has 3 heteroatoms. The zero-order valence-corrected chi connectivity index (χ0v) is 10.1.